The highest BCUT2D eigenvalue weighted by Crippen LogP contribution is 2.37. The number of rotatable bonds is 7. The second kappa shape index (κ2) is 8.87. The summed E-state index contributed by atoms with van der Waals surface area (Å²) in [6.07, 6.45) is 0.734. The van der Waals surface area contributed by atoms with Crippen LogP contribution in [0.3, 0.4) is 0 Å². The Labute approximate surface area is 155 Å². The van der Waals surface area contributed by atoms with E-state index >= 15 is 0 Å². The van der Waals surface area contributed by atoms with Gasteiger partial charge < -0.3 is 14.8 Å². The van der Waals surface area contributed by atoms with Crippen molar-refractivity contribution in [2.75, 3.05) is 20.3 Å². The van der Waals surface area contributed by atoms with Gasteiger partial charge in [-0.25, -0.2) is 4.98 Å². The molecule has 25 heavy (non-hydrogen) atoms. The zero-order valence-electron chi connectivity index (χ0n) is 13.9. The topological polar surface area (TPSA) is 77.5 Å². The molecule has 0 saturated carbocycles. The molecule has 1 aromatic carbocycles. The van der Waals surface area contributed by atoms with Crippen molar-refractivity contribution in [3.05, 3.63) is 33.9 Å². The fraction of sp³-hybridized carbons (Fsp3) is 0.353. The number of fused-ring (bicyclic) bond motifs is 1. The van der Waals surface area contributed by atoms with Crippen LogP contribution in [0.25, 0.3) is 10.9 Å². The smallest absolute Gasteiger partial charge is 0.305 e. The molecule has 134 valence electrons. The Morgan fingerprint density at radius 2 is 2.00 bits per heavy atom. The average Bonchev–Trinajstić information content (AvgIpc) is 2.57. The van der Waals surface area contributed by atoms with E-state index in [9.17, 15) is 9.59 Å². The summed E-state index contributed by atoms with van der Waals surface area (Å²) >= 11 is 12.4. The van der Waals surface area contributed by atoms with Crippen LogP contribution >= 0.6 is 23.2 Å². The molecule has 0 aliphatic carbocycles. The normalized spacial score (nSPS) is 10.6. The standard InChI is InChI=1S/C17H18Cl2N2O4/c1-10-5-6-11-12(18)8-13(19)17(16(11)21-10)25-9-14(22)20-7-3-4-15(23)24-2/h5-6,8H,3-4,7,9H2,1-2H3,(H,20,22). The largest absolute Gasteiger partial charge is 0.480 e. The van der Waals surface area contributed by atoms with E-state index in [4.69, 9.17) is 27.9 Å². The molecule has 6 nitrogen and oxygen atoms in total. The first-order chi connectivity index (χ1) is 11.9. The number of nitrogens with zero attached hydrogens (tertiary/aromatic N) is 1. The summed E-state index contributed by atoms with van der Waals surface area (Å²) in [4.78, 5) is 27.3. The number of carbonyl (C=O) groups is 2. The maximum atomic E-state index is 11.9. The van der Waals surface area contributed by atoms with E-state index in [-0.39, 0.29) is 29.9 Å². The molecule has 1 amide bonds. The monoisotopic (exact) mass is 384 g/mol. The number of aromatic nitrogens is 1. The zero-order chi connectivity index (χ0) is 18.4. The molecule has 1 N–H and O–H groups in total. The van der Waals surface area contributed by atoms with E-state index in [1.54, 1.807) is 6.07 Å². The van der Waals surface area contributed by atoms with Crippen LogP contribution in [-0.4, -0.2) is 37.1 Å². The summed E-state index contributed by atoms with van der Waals surface area (Å²) in [5, 5.41) is 4.11. The molecule has 0 atom stereocenters. The molecular formula is C17H18Cl2N2O4. The van der Waals surface area contributed by atoms with Crippen molar-refractivity contribution >= 4 is 46.0 Å². The minimum atomic E-state index is -0.323. The third-order valence-corrected chi connectivity index (χ3v) is 4.03. The summed E-state index contributed by atoms with van der Waals surface area (Å²) in [6.45, 7) is 1.97. The average molecular weight is 385 g/mol. The number of nitrogens with one attached hydrogen (secondary N) is 1. The summed E-state index contributed by atoms with van der Waals surface area (Å²) in [5.74, 6) is -0.322. The molecule has 2 aromatic rings. The molecule has 1 heterocycles. The number of ether oxygens (including phenoxy) is 2. The quantitative estimate of drug-likeness (QED) is 0.585. The fourth-order valence-corrected chi connectivity index (χ4v) is 2.75. The van der Waals surface area contributed by atoms with Gasteiger partial charge in [0.15, 0.2) is 12.4 Å². The molecule has 1 aromatic heterocycles. The highest BCUT2D eigenvalue weighted by atomic mass is 35.5. The van der Waals surface area contributed by atoms with Crippen molar-refractivity contribution in [1.82, 2.24) is 10.3 Å². The minimum absolute atomic E-state index is 0.218. The maximum Gasteiger partial charge on any atom is 0.305 e. The molecule has 0 bridgehead atoms. The van der Waals surface area contributed by atoms with Gasteiger partial charge in [-0.2, -0.15) is 0 Å². The van der Waals surface area contributed by atoms with Crippen molar-refractivity contribution in [3.8, 4) is 5.75 Å². The van der Waals surface area contributed by atoms with E-state index in [1.165, 1.54) is 7.11 Å². The Hall–Kier alpha value is -2.05. The summed E-state index contributed by atoms with van der Waals surface area (Å²) < 4.78 is 10.1. The Balaban J connectivity index is 2.00. The number of halogens is 2. The summed E-state index contributed by atoms with van der Waals surface area (Å²) in [5.41, 5.74) is 1.29. The fourth-order valence-electron chi connectivity index (χ4n) is 2.18. The van der Waals surface area contributed by atoms with Crippen LogP contribution in [0.15, 0.2) is 18.2 Å². The minimum Gasteiger partial charge on any atom is -0.480 e. The van der Waals surface area contributed by atoms with Crippen LogP contribution in [0, 0.1) is 6.92 Å². The molecule has 0 unspecified atom stereocenters. The zero-order valence-corrected chi connectivity index (χ0v) is 15.4. The van der Waals surface area contributed by atoms with Crippen LogP contribution in [0.1, 0.15) is 18.5 Å². The Morgan fingerprint density at radius 3 is 2.72 bits per heavy atom. The van der Waals surface area contributed by atoms with Crippen molar-refractivity contribution in [2.45, 2.75) is 19.8 Å². The lowest BCUT2D eigenvalue weighted by Crippen LogP contribution is -2.30. The van der Waals surface area contributed by atoms with Gasteiger partial charge in [0, 0.05) is 24.0 Å². The number of amides is 1. The van der Waals surface area contributed by atoms with E-state index < -0.39 is 0 Å². The first-order valence-electron chi connectivity index (χ1n) is 7.64. The molecular weight excluding hydrogens is 367 g/mol. The van der Waals surface area contributed by atoms with Gasteiger partial charge in [-0.1, -0.05) is 23.2 Å². The Morgan fingerprint density at radius 1 is 1.24 bits per heavy atom. The third-order valence-electron chi connectivity index (χ3n) is 3.43. The van der Waals surface area contributed by atoms with Crippen molar-refractivity contribution in [2.24, 2.45) is 0 Å². The number of hydrogen-bond acceptors (Lipinski definition) is 5. The predicted molar refractivity (Wildman–Crippen MR) is 96.3 cm³/mol. The van der Waals surface area contributed by atoms with Crippen LogP contribution in [0.2, 0.25) is 10.0 Å². The van der Waals surface area contributed by atoms with Gasteiger partial charge in [-0.05, 0) is 31.5 Å². The lowest BCUT2D eigenvalue weighted by molar-refractivity contribution is -0.140. The molecule has 8 heteroatoms. The van der Waals surface area contributed by atoms with Crippen LogP contribution in [0.5, 0.6) is 5.75 Å². The molecule has 2 rings (SSSR count). The molecule has 0 saturated heterocycles. The number of benzene rings is 1. The molecule has 0 aliphatic rings. The van der Waals surface area contributed by atoms with Crippen molar-refractivity contribution in [3.63, 3.8) is 0 Å². The second-order valence-electron chi connectivity index (χ2n) is 5.34. The maximum absolute atomic E-state index is 11.9. The van der Waals surface area contributed by atoms with E-state index in [1.807, 2.05) is 19.1 Å². The first kappa shape index (κ1) is 19.3. The molecule has 0 radical (unpaired) electrons. The van der Waals surface area contributed by atoms with Crippen LogP contribution in [-0.2, 0) is 14.3 Å². The molecule has 0 spiro atoms. The number of carbonyl (C=O) groups excluding carboxylic acids is 2. The van der Waals surface area contributed by atoms with Gasteiger partial charge in [0.05, 0.1) is 17.2 Å². The Bertz CT molecular complexity index is 796. The van der Waals surface area contributed by atoms with Crippen LogP contribution in [0.4, 0.5) is 0 Å². The number of pyridine rings is 1. The molecule has 0 aliphatic heterocycles. The number of hydrogen-bond donors (Lipinski definition) is 1. The number of aryl methyl sites for hydroxylation is 1. The number of esters is 1. The van der Waals surface area contributed by atoms with Gasteiger partial charge in [0.25, 0.3) is 5.91 Å². The van der Waals surface area contributed by atoms with Gasteiger partial charge in [-0.3, -0.25) is 9.59 Å². The van der Waals surface area contributed by atoms with Crippen molar-refractivity contribution in [1.29, 1.82) is 0 Å². The first-order valence-corrected chi connectivity index (χ1v) is 8.39. The number of methoxy groups -OCH3 is 1. The molecule has 0 fully saturated rings. The lowest BCUT2D eigenvalue weighted by atomic mass is 10.2. The highest BCUT2D eigenvalue weighted by molar-refractivity contribution is 6.39. The third kappa shape index (κ3) is 5.21. The summed E-state index contributed by atoms with van der Waals surface area (Å²) in [7, 11) is 1.32. The van der Waals surface area contributed by atoms with Crippen LogP contribution < -0.4 is 10.1 Å². The van der Waals surface area contributed by atoms with E-state index in [0.717, 1.165) is 5.69 Å². The lowest BCUT2D eigenvalue weighted by Gasteiger charge is -2.12. The van der Waals surface area contributed by atoms with Gasteiger partial charge in [0.2, 0.25) is 0 Å². The van der Waals surface area contributed by atoms with E-state index in [2.05, 4.69) is 15.0 Å². The van der Waals surface area contributed by atoms with Gasteiger partial charge in [0.1, 0.15) is 5.52 Å². The van der Waals surface area contributed by atoms with Gasteiger partial charge in [-0.15, -0.1) is 0 Å². The second-order valence-corrected chi connectivity index (χ2v) is 6.15. The van der Waals surface area contributed by atoms with Crippen molar-refractivity contribution < 1.29 is 19.1 Å². The van der Waals surface area contributed by atoms with E-state index in [0.29, 0.717) is 34.6 Å². The van der Waals surface area contributed by atoms with Gasteiger partial charge >= 0.3 is 5.97 Å². The predicted octanol–water partition coefficient (Wildman–Crippen LogP) is 3.30. The SMILES string of the molecule is COC(=O)CCCNC(=O)COc1c(Cl)cc(Cl)c2ccc(C)nc12. The summed E-state index contributed by atoms with van der Waals surface area (Å²) in [6, 6.07) is 5.22. The highest BCUT2D eigenvalue weighted by Gasteiger charge is 2.14. The Kier molecular flexibility index (Phi) is 6.84.